The van der Waals surface area contributed by atoms with Crippen LogP contribution in [-0.2, 0) is 0 Å². The van der Waals surface area contributed by atoms with Gasteiger partial charge in [-0.3, -0.25) is 0 Å². The largest absolute Gasteiger partial charge is 0.329 e. The van der Waals surface area contributed by atoms with Crippen LogP contribution < -0.4 is 5.73 Å². The molecule has 2 N–H and O–H groups in total. The molecule has 1 saturated carbocycles. The first kappa shape index (κ1) is 10.3. The molecule has 0 radical (unpaired) electrons. The molecule has 0 amide bonds. The van der Waals surface area contributed by atoms with E-state index in [9.17, 15) is 8.78 Å². The molecule has 0 aromatic rings. The van der Waals surface area contributed by atoms with E-state index in [0.29, 0.717) is 19.5 Å². The van der Waals surface area contributed by atoms with E-state index >= 15 is 0 Å². The molecule has 2 fully saturated rings. The van der Waals surface area contributed by atoms with Gasteiger partial charge in [-0.2, -0.15) is 0 Å². The topological polar surface area (TPSA) is 29.3 Å². The third-order valence-corrected chi connectivity index (χ3v) is 3.59. The summed E-state index contributed by atoms with van der Waals surface area (Å²) in [7, 11) is 0. The fourth-order valence-electron chi connectivity index (χ4n) is 2.88. The van der Waals surface area contributed by atoms with E-state index in [2.05, 4.69) is 4.90 Å². The summed E-state index contributed by atoms with van der Waals surface area (Å²) in [6.45, 7) is 2.72. The molecule has 1 heterocycles. The highest BCUT2D eigenvalue weighted by molar-refractivity contribution is 4.95. The van der Waals surface area contributed by atoms with Gasteiger partial charge in [0.05, 0.1) is 0 Å². The Hall–Kier alpha value is -0.220. The molecule has 2 atom stereocenters. The van der Waals surface area contributed by atoms with Crippen LogP contribution in [0.25, 0.3) is 0 Å². The Labute approximate surface area is 83.4 Å². The van der Waals surface area contributed by atoms with E-state index in [1.54, 1.807) is 0 Å². The lowest BCUT2D eigenvalue weighted by molar-refractivity contribution is -0.0945. The molecule has 0 aromatic carbocycles. The fourth-order valence-corrected chi connectivity index (χ4v) is 2.88. The Morgan fingerprint density at radius 2 is 2.14 bits per heavy atom. The smallest absolute Gasteiger partial charge is 0.252 e. The van der Waals surface area contributed by atoms with Crippen LogP contribution in [0.3, 0.4) is 0 Å². The average molecular weight is 204 g/mol. The molecular formula is C10H18F2N2. The normalized spacial score (nSPS) is 37.1. The van der Waals surface area contributed by atoms with Crippen molar-refractivity contribution in [2.45, 2.75) is 25.2 Å². The number of halogens is 2. The van der Waals surface area contributed by atoms with E-state index < -0.39 is 11.8 Å². The second-order valence-corrected chi connectivity index (χ2v) is 4.57. The van der Waals surface area contributed by atoms with Crippen molar-refractivity contribution in [3.8, 4) is 0 Å². The predicted molar refractivity (Wildman–Crippen MR) is 51.3 cm³/mol. The van der Waals surface area contributed by atoms with Gasteiger partial charge in [-0.1, -0.05) is 0 Å². The van der Waals surface area contributed by atoms with Crippen LogP contribution in [0.1, 0.15) is 19.3 Å². The van der Waals surface area contributed by atoms with Gasteiger partial charge >= 0.3 is 0 Å². The lowest BCUT2D eigenvalue weighted by atomic mass is 9.79. The molecule has 0 aromatic heterocycles. The van der Waals surface area contributed by atoms with Gasteiger partial charge in [-0.05, 0) is 18.8 Å². The zero-order chi connectivity index (χ0) is 10.2. The number of likely N-dealkylation sites (tertiary alicyclic amines) is 1. The van der Waals surface area contributed by atoms with Gasteiger partial charge in [-0.25, -0.2) is 8.78 Å². The van der Waals surface area contributed by atoms with Crippen molar-refractivity contribution < 1.29 is 8.78 Å². The van der Waals surface area contributed by atoms with Gasteiger partial charge in [0.1, 0.15) is 0 Å². The summed E-state index contributed by atoms with van der Waals surface area (Å²) in [5.74, 6) is -2.61. The van der Waals surface area contributed by atoms with Crippen molar-refractivity contribution in [2.75, 3.05) is 26.2 Å². The Balaban J connectivity index is 2.01. The minimum absolute atomic E-state index is 0.0879. The minimum Gasteiger partial charge on any atom is -0.329 e. The third kappa shape index (κ3) is 1.77. The Morgan fingerprint density at radius 1 is 1.36 bits per heavy atom. The van der Waals surface area contributed by atoms with Crippen LogP contribution in [0, 0.1) is 11.8 Å². The van der Waals surface area contributed by atoms with Gasteiger partial charge < -0.3 is 10.6 Å². The molecule has 1 aliphatic carbocycles. The highest BCUT2D eigenvalue weighted by Gasteiger charge is 2.50. The van der Waals surface area contributed by atoms with E-state index in [1.807, 2.05) is 0 Å². The predicted octanol–water partition coefficient (Wildman–Crippen LogP) is 1.31. The number of rotatable bonds is 2. The third-order valence-electron chi connectivity index (χ3n) is 3.59. The molecule has 14 heavy (non-hydrogen) atoms. The maximum Gasteiger partial charge on any atom is 0.252 e. The van der Waals surface area contributed by atoms with Crippen LogP contribution >= 0.6 is 0 Å². The minimum atomic E-state index is -2.42. The number of fused-ring (bicyclic) bond motifs is 1. The van der Waals surface area contributed by atoms with E-state index in [4.69, 9.17) is 5.73 Å². The molecule has 1 aliphatic heterocycles. The summed E-state index contributed by atoms with van der Waals surface area (Å²) in [6.07, 6.45) is 1.75. The van der Waals surface area contributed by atoms with Crippen LogP contribution in [0.2, 0.25) is 0 Å². The van der Waals surface area contributed by atoms with Gasteiger partial charge in [0.15, 0.2) is 0 Å². The SMILES string of the molecule is NCCN1C[C@H]2CCCC(F)(F)[C@@H]2C1. The molecule has 2 rings (SSSR count). The monoisotopic (exact) mass is 204 g/mol. The van der Waals surface area contributed by atoms with Crippen LogP contribution in [0.15, 0.2) is 0 Å². The van der Waals surface area contributed by atoms with Crippen molar-refractivity contribution in [1.82, 2.24) is 4.90 Å². The van der Waals surface area contributed by atoms with Gasteiger partial charge in [0, 0.05) is 38.5 Å². The standard InChI is InChI=1S/C10H18F2N2/c11-10(12)3-1-2-8-6-14(5-4-13)7-9(8)10/h8-9H,1-7,13H2/t8-,9-/m1/s1. The highest BCUT2D eigenvalue weighted by Crippen LogP contribution is 2.45. The first-order valence-electron chi connectivity index (χ1n) is 5.44. The maximum atomic E-state index is 13.5. The first-order valence-corrected chi connectivity index (χ1v) is 5.44. The number of alkyl halides is 2. The second kappa shape index (κ2) is 3.74. The van der Waals surface area contributed by atoms with Crippen LogP contribution in [0.4, 0.5) is 8.78 Å². The number of nitrogens with two attached hydrogens (primary N) is 1. The van der Waals surface area contributed by atoms with Crippen molar-refractivity contribution >= 4 is 0 Å². The molecule has 0 spiro atoms. The van der Waals surface area contributed by atoms with Gasteiger partial charge in [-0.15, -0.1) is 0 Å². The van der Waals surface area contributed by atoms with Crippen molar-refractivity contribution in [3.63, 3.8) is 0 Å². The first-order chi connectivity index (χ1) is 6.63. The quantitative estimate of drug-likeness (QED) is 0.735. The summed E-state index contributed by atoms with van der Waals surface area (Å²) in [5, 5.41) is 0. The number of hydrogen-bond acceptors (Lipinski definition) is 2. The van der Waals surface area contributed by atoms with Crippen molar-refractivity contribution in [1.29, 1.82) is 0 Å². The fraction of sp³-hybridized carbons (Fsp3) is 1.00. The summed E-state index contributed by atoms with van der Waals surface area (Å²) in [5.41, 5.74) is 5.44. The van der Waals surface area contributed by atoms with E-state index in [1.165, 1.54) is 0 Å². The molecule has 0 unspecified atom stereocenters. The number of nitrogens with zero attached hydrogens (tertiary/aromatic N) is 1. The summed E-state index contributed by atoms with van der Waals surface area (Å²) in [6, 6.07) is 0. The molecule has 0 bridgehead atoms. The molecule has 82 valence electrons. The molecule has 1 saturated heterocycles. The van der Waals surface area contributed by atoms with Crippen molar-refractivity contribution in [3.05, 3.63) is 0 Å². The Kier molecular flexibility index (Phi) is 2.75. The van der Waals surface area contributed by atoms with Crippen LogP contribution in [0.5, 0.6) is 0 Å². The lowest BCUT2D eigenvalue weighted by Crippen LogP contribution is -2.37. The zero-order valence-electron chi connectivity index (χ0n) is 8.38. The molecule has 2 aliphatic rings. The molecule has 4 heteroatoms. The average Bonchev–Trinajstić information content (AvgIpc) is 2.49. The second-order valence-electron chi connectivity index (χ2n) is 4.57. The van der Waals surface area contributed by atoms with Crippen LogP contribution in [-0.4, -0.2) is 37.0 Å². The van der Waals surface area contributed by atoms with E-state index in [0.717, 1.165) is 19.5 Å². The van der Waals surface area contributed by atoms with Crippen molar-refractivity contribution in [2.24, 2.45) is 17.6 Å². The summed E-state index contributed by atoms with van der Waals surface area (Å²) >= 11 is 0. The lowest BCUT2D eigenvalue weighted by Gasteiger charge is -2.32. The van der Waals surface area contributed by atoms with Gasteiger partial charge in [0.2, 0.25) is 0 Å². The van der Waals surface area contributed by atoms with E-state index in [-0.39, 0.29) is 12.3 Å². The highest BCUT2D eigenvalue weighted by atomic mass is 19.3. The Morgan fingerprint density at radius 3 is 2.79 bits per heavy atom. The molecule has 2 nitrogen and oxygen atoms in total. The maximum absolute atomic E-state index is 13.5. The summed E-state index contributed by atoms with van der Waals surface area (Å²) < 4.78 is 27.0. The summed E-state index contributed by atoms with van der Waals surface area (Å²) in [4.78, 5) is 2.09. The molecular weight excluding hydrogens is 186 g/mol. The zero-order valence-corrected chi connectivity index (χ0v) is 8.38. The Bertz CT molecular complexity index is 208. The van der Waals surface area contributed by atoms with Gasteiger partial charge in [0.25, 0.3) is 5.92 Å². The number of hydrogen-bond donors (Lipinski definition) is 1.